The van der Waals surface area contributed by atoms with E-state index < -0.39 is 0 Å². The van der Waals surface area contributed by atoms with Gasteiger partial charge < -0.3 is 16.2 Å². The molecular weight excluding hydrogens is 176 g/mol. The maximum absolute atomic E-state index is 5.61. The Hall–Kier alpha value is -1.06. The van der Waals surface area contributed by atoms with Crippen molar-refractivity contribution < 1.29 is 4.74 Å². The van der Waals surface area contributed by atoms with Crippen molar-refractivity contribution in [3.63, 3.8) is 0 Å². The number of rotatable bonds is 5. The second kappa shape index (κ2) is 5.62. The maximum atomic E-state index is 5.61. The SMILES string of the molecule is CCCOc1ccc(CN)c(CN)c1. The van der Waals surface area contributed by atoms with Crippen LogP contribution in [-0.4, -0.2) is 6.61 Å². The van der Waals surface area contributed by atoms with Crippen LogP contribution >= 0.6 is 0 Å². The summed E-state index contributed by atoms with van der Waals surface area (Å²) in [5, 5.41) is 0. The molecule has 0 aliphatic heterocycles. The second-order valence-electron chi connectivity index (χ2n) is 3.19. The third kappa shape index (κ3) is 2.72. The standard InChI is InChI=1S/C11H18N2O/c1-2-5-14-11-4-3-9(7-12)10(6-11)8-13/h3-4,6H,2,5,7-8,12-13H2,1H3. The van der Waals surface area contributed by atoms with Crippen molar-refractivity contribution in [3.05, 3.63) is 29.3 Å². The molecule has 0 saturated carbocycles. The lowest BCUT2D eigenvalue weighted by Gasteiger charge is -2.09. The summed E-state index contributed by atoms with van der Waals surface area (Å²) in [4.78, 5) is 0. The zero-order chi connectivity index (χ0) is 10.4. The molecule has 1 aromatic carbocycles. The van der Waals surface area contributed by atoms with Crippen molar-refractivity contribution in [1.29, 1.82) is 0 Å². The Bertz CT molecular complexity index is 287. The van der Waals surface area contributed by atoms with Gasteiger partial charge >= 0.3 is 0 Å². The van der Waals surface area contributed by atoms with E-state index in [1.165, 1.54) is 0 Å². The molecule has 78 valence electrons. The van der Waals surface area contributed by atoms with Gasteiger partial charge in [0.1, 0.15) is 5.75 Å². The van der Waals surface area contributed by atoms with Crippen molar-refractivity contribution in [3.8, 4) is 5.75 Å². The van der Waals surface area contributed by atoms with Gasteiger partial charge in [0.15, 0.2) is 0 Å². The Balaban J connectivity index is 2.79. The molecule has 0 aliphatic rings. The molecule has 0 radical (unpaired) electrons. The van der Waals surface area contributed by atoms with Gasteiger partial charge in [0.05, 0.1) is 6.61 Å². The summed E-state index contributed by atoms with van der Waals surface area (Å²) < 4.78 is 5.50. The van der Waals surface area contributed by atoms with Crippen LogP contribution in [0.4, 0.5) is 0 Å². The second-order valence-corrected chi connectivity index (χ2v) is 3.19. The fourth-order valence-electron chi connectivity index (χ4n) is 1.30. The van der Waals surface area contributed by atoms with Gasteiger partial charge in [0.2, 0.25) is 0 Å². The summed E-state index contributed by atoms with van der Waals surface area (Å²) in [6.45, 7) is 3.86. The van der Waals surface area contributed by atoms with E-state index in [0.29, 0.717) is 13.1 Å². The monoisotopic (exact) mass is 194 g/mol. The van der Waals surface area contributed by atoms with E-state index in [0.717, 1.165) is 29.9 Å². The average molecular weight is 194 g/mol. The van der Waals surface area contributed by atoms with Gasteiger partial charge in [0.25, 0.3) is 0 Å². The average Bonchev–Trinajstić information content (AvgIpc) is 2.25. The number of hydrogen-bond acceptors (Lipinski definition) is 3. The number of benzene rings is 1. The molecule has 0 spiro atoms. The van der Waals surface area contributed by atoms with Gasteiger partial charge in [-0.15, -0.1) is 0 Å². The number of ether oxygens (including phenoxy) is 1. The number of nitrogens with two attached hydrogens (primary N) is 2. The Morgan fingerprint density at radius 2 is 1.86 bits per heavy atom. The molecule has 14 heavy (non-hydrogen) atoms. The molecule has 0 atom stereocenters. The molecule has 4 N–H and O–H groups in total. The van der Waals surface area contributed by atoms with Crippen LogP contribution in [0, 0.1) is 0 Å². The van der Waals surface area contributed by atoms with Crippen molar-refractivity contribution in [2.75, 3.05) is 6.61 Å². The molecule has 1 aromatic rings. The van der Waals surface area contributed by atoms with Crippen LogP contribution in [0.15, 0.2) is 18.2 Å². The lowest BCUT2D eigenvalue weighted by Crippen LogP contribution is -2.06. The largest absolute Gasteiger partial charge is 0.494 e. The van der Waals surface area contributed by atoms with Gasteiger partial charge in [0, 0.05) is 13.1 Å². The van der Waals surface area contributed by atoms with E-state index >= 15 is 0 Å². The van der Waals surface area contributed by atoms with Crippen molar-refractivity contribution in [1.82, 2.24) is 0 Å². The van der Waals surface area contributed by atoms with Crippen LogP contribution in [0.1, 0.15) is 24.5 Å². The Morgan fingerprint density at radius 3 is 2.43 bits per heavy atom. The van der Waals surface area contributed by atoms with Crippen LogP contribution in [-0.2, 0) is 13.1 Å². The van der Waals surface area contributed by atoms with Crippen molar-refractivity contribution >= 4 is 0 Å². The molecule has 1 rings (SSSR count). The van der Waals surface area contributed by atoms with Crippen LogP contribution in [0.5, 0.6) is 5.75 Å². The fraction of sp³-hybridized carbons (Fsp3) is 0.455. The quantitative estimate of drug-likeness (QED) is 0.744. The zero-order valence-corrected chi connectivity index (χ0v) is 8.62. The van der Waals surface area contributed by atoms with Gasteiger partial charge in [-0.25, -0.2) is 0 Å². The molecule has 0 aliphatic carbocycles. The summed E-state index contributed by atoms with van der Waals surface area (Å²) in [6.07, 6.45) is 1.01. The first-order chi connectivity index (χ1) is 6.81. The lowest BCUT2D eigenvalue weighted by atomic mass is 10.1. The Kier molecular flexibility index (Phi) is 4.43. The highest BCUT2D eigenvalue weighted by atomic mass is 16.5. The molecule has 3 nitrogen and oxygen atoms in total. The highest BCUT2D eigenvalue weighted by molar-refractivity contribution is 5.35. The third-order valence-electron chi connectivity index (χ3n) is 2.09. The molecule has 0 fully saturated rings. The van der Waals surface area contributed by atoms with E-state index in [4.69, 9.17) is 16.2 Å². The highest BCUT2D eigenvalue weighted by Gasteiger charge is 2.01. The minimum atomic E-state index is 0.510. The zero-order valence-electron chi connectivity index (χ0n) is 8.62. The normalized spacial score (nSPS) is 10.2. The maximum Gasteiger partial charge on any atom is 0.119 e. The molecule has 0 saturated heterocycles. The van der Waals surface area contributed by atoms with Gasteiger partial charge in [-0.05, 0) is 29.7 Å². The molecule has 0 unspecified atom stereocenters. The molecule has 0 amide bonds. The van der Waals surface area contributed by atoms with Gasteiger partial charge in [-0.2, -0.15) is 0 Å². The summed E-state index contributed by atoms with van der Waals surface area (Å²) in [7, 11) is 0. The van der Waals surface area contributed by atoms with E-state index in [1.54, 1.807) is 0 Å². The summed E-state index contributed by atoms with van der Waals surface area (Å²) in [6, 6.07) is 5.89. The first-order valence-corrected chi connectivity index (χ1v) is 4.96. The number of hydrogen-bond donors (Lipinski definition) is 2. The van der Waals surface area contributed by atoms with Crippen LogP contribution in [0.2, 0.25) is 0 Å². The smallest absolute Gasteiger partial charge is 0.119 e. The first-order valence-electron chi connectivity index (χ1n) is 4.96. The van der Waals surface area contributed by atoms with Crippen molar-refractivity contribution in [2.45, 2.75) is 26.4 Å². The van der Waals surface area contributed by atoms with Gasteiger partial charge in [-0.3, -0.25) is 0 Å². The third-order valence-corrected chi connectivity index (χ3v) is 2.09. The molecule has 0 aromatic heterocycles. The lowest BCUT2D eigenvalue weighted by molar-refractivity contribution is 0.317. The molecular formula is C11H18N2O. The summed E-state index contributed by atoms with van der Waals surface area (Å²) in [5.74, 6) is 0.879. The molecule has 3 heteroatoms. The minimum absolute atomic E-state index is 0.510. The highest BCUT2D eigenvalue weighted by Crippen LogP contribution is 2.17. The van der Waals surface area contributed by atoms with Crippen LogP contribution in [0.25, 0.3) is 0 Å². The van der Waals surface area contributed by atoms with E-state index in [-0.39, 0.29) is 0 Å². The van der Waals surface area contributed by atoms with E-state index in [1.807, 2.05) is 18.2 Å². The topological polar surface area (TPSA) is 61.3 Å². The van der Waals surface area contributed by atoms with Crippen LogP contribution in [0.3, 0.4) is 0 Å². The first kappa shape index (κ1) is 11.0. The van der Waals surface area contributed by atoms with E-state index in [2.05, 4.69) is 6.92 Å². The molecule has 0 heterocycles. The van der Waals surface area contributed by atoms with E-state index in [9.17, 15) is 0 Å². The van der Waals surface area contributed by atoms with Gasteiger partial charge in [-0.1, -0.05) is 13.0 Å². The predicted octanol–water partition coefficient (Wildman–Crippen LogP) is 1.39. The summed E-state index contributed by atoms with van der Waals surface area (Å²) in [5.41, 5.74) is 13.4. The Labute approximate surface area is 85.0 Å². The minimum Gasteiger partial charge on any atom is -0.494 e. The van der Waals surface area contributed by atoms with Crippen molar-refractivity contribution in [2.24, 2.45) is 11.5 Å². The molecule has 0 bridgehead atoms. The Morgan fingerprint density at radius 1 is 1.14 bits per heavy atom. The fourth-order valence-corrected chi connectivity index (χ4v) is 1.30. The summed E-state index contributed by atoms with van der Waals surface area (Å²) >= 11 is 0. The van der Waals surface area contributed by atoms with Crippen LogP contribution < -0.4 is 16.2 Å². The predicted molar refractivity (Wildman–Crippen MR) is 58.0 cm³/mol.